The van der Waals surface area contributed by atoms with Crippen molar-refractivity contribution in [3.63, 3.8) is 0 Å². The second-order valence-corrected chi connectivity index (χ2v) is 6.44. The molecule has 8 nitrogen and oxygen atoms in total. The molecule has 0 aliphatic carbocycles. The summed E-state index contributed by atoms with van der Waals surface area (Å²) in [6.45, 7) is -0.430. The van der Waals surface area contributed by atoms with Gasteiger partial charge in [0.1, 0.15) is 24.7 Å². The number of rotatable bonds is 8. The minimum Gasteiger partial charge on any atom is -0.489 e. The highest BCUT2D eigenvalue weighted by molar-refractivity contribution is 5.92. The monoisotopic (exact) mass is 455 g/mol. The average Bonchev–Trinajstić information content (AvgIpc) is 3.09. The summed E-state index contributed by atoms with van der Waals surface area (Å²) in [7, 11) is 1.43. The first-order valence-corrected chi connectivity index (χ1v) is 9.14. The van der Waals surface area contributed by atoms with Crippen molar-refractivity contribution in [2.75, 3.05) is 25.6 Å². The quantitative estimate of drug-likeness (QED) is 0.414. The maximum atomic E-state index is 13.1. The van der Waals surface area contributed by atoms with E-state index in [0.29, 0.717) is 10.2 Å². The van der Waals surface area contributed by atoms with Gasteiger partial charge in [0.25, 0.3) is 0 Å². The van der Waals surface area contributed by atoms with Crippen molar-refractivity contribution in [1.29, 1.82) is 0 Å². The standard InChI is InChI=1S/C20H17F4N3O5/c1-30-8-9-31-16-7-4-13(20(22,23)24)10-15(16)25-17(28)11-27-19(29)32-18(26-27)12-2-5-14(21)6-3-12/h2-7,10H,8-9,11H2,1H3,(H,25,28). The molecule has 3 aromatic rings. The SMILES string of the molecule is COCCOc1ccc(C(F)(F)F)cc1NC(=O)Cn1nc(-c2ccc(F)cc2)oc1=O. The van der Waals surface area contributed by atoms with E-state index in [-0.39, 0.29) is 30.5 Å². The Kier molecular flexibility index (Phi) is 6.93. The molecule has 12 heteroatoms. The van der Waals surface area contributed by atoms with Gasteiger partial charge in [0, 0.05) is 12.7 Å². The lowest BCUT2D eigenvalue weighted by molar-refractivity contribution is -0.137. The molecule has 170 valence electrons. The zero-order valence-corrected chi connectivity index (χ0v) is 16.6. The number of hydrogen-bond acceptors (Lipinski definition) is 6. The molecular formula is C20H17F4N3O5. The number of methoxy groups -OCH3 is 1. The molecule has 0 saturated heterocycles. The number of hydrogen-bond donors (Lipinski definition) is 1. The van der Waals surface area contributed by atoms with Crippen LogP contribution in [-0.2, 0) is 22.3 Å². The number of halogens is 4. The number of carbonyl (C=O) groups excluding carboxylic acids is 1. The van der Waals surface area contributed by atoms with E-state index in [0.717, 1.165) is 30.3 Å². The van der Waals surface area contributed by atoms with Crippen LogP contribution in [0.25, 0.3) is 11.5 Å². The Bertz CT molecular complexity index is 1140. The van der Waals surface area contributed by atoms with Crippen molar-refractivity contribution in [2.45, 2.75) is 12.7 Å². The molecule has 1 amide bonds. The van der Waals surface area contributed by atoms with Gasteiger partial charge in [-0.15, -0.1) is 5.10 Å². The Morgan fingerprint density at radius 2 is 1.88 bits per heavy atom. The molecule has 0 unspecified atom stereocenters. The maximum absolute atomic E-state index is 13.1. The molecule has 0 spiro atoms. The Balaban J connectivity index is 1.79. The van der Waals surface area contributed by atoms with E-state index in [1.165, 1.54) is 19.2 Å². The second-order valence-electron chi connectivity index (χ2n) is 6.44. The van der Waals surface area contributed by atoms with E-state index >= 15 is 0 Å². The number of carbonyl (C=O) groups is 1. The molecule has 0 saturated carbocycles. The van der Waals surface area contributed by atoms with Crippen LogP contribution >= 0.6 is 0 Å². The zero-order chi connectivity index (χ0) is 23.3. The molecule has 0 aliphatic rings. The van der Waals surface area contributed by atoms with Crippen molar-refractivity contribution in [3.05, 3.63) is 64.4 Å². The highest BCUT2D eigenvalue weighted by atomic mass is 19.4. The Morgan fingerprint density at radius 1 is 1.16 bits per heavy atom. The topological polar surface area (TPSA) is 95.6 Å². The summed E-state index contributed by atoms with van der Waals surface area (Å²) in [6, 6.07) is 7.54. The minimum absolute atomic E-state index is 0.0112. The van der Waals surface area contributed by atoms with Crippen LogP contribution in [-0.4, -0.2) is 36.0 Å². The molecule has 0 fully saturated rings. The lowest BCUT2D eigenvalue weighted by atomic mass is 10.1. The molecule has 2 aromatic carbocycles. The fourth-order valence-electron chi connectivity index (χ4n) is 2.61. The van der Waals surface area contributed by atoms with E-state index in [1.54, 1.807) is 0 Å². The van der Waals surface area contributed by atoms with Gasteiger partial charge in [-0.2, -0.15) is 17.9 Å². The summed E-state index contributed by atoms with van der Waals surface area (Å²) in [5, 5.41) is 6.14. The third-order valence-electron chi connectivity index (χ3n) is 4.12. The third-order valence-corrected chi connectivity index (χ3v) is 4.12. The summed E-state index contributed by atoms with van der Waals surface area (Å²) < 4.78 is 68.1. The normalized spacial score (nSPS) is 11.4. The van der Waals surface area contributed by atoms with Crippen molar-refractivity contribution < 1.29 is 36.2 Å². The van der Waals surface area contributed by atoms with Gasteiger partial charge in [-0.1, -0.05) is 0 Å². The van der Waals surface area contributed by atoms with Crippen LogP contribution in [0.15, 0.2) is 51.7 Å². The van der Waals surface area contributed by atoms with E-state index in [4.69, 9.17) is 13.9 Å². The molecule has 1 heterocycles. The van der Waals surface area contributed by atoms with Crippen molar-refractivity contribution in [3.8, 4) is 17.2 Å². The molecule has 0 radical (unpaired) electrons. The molecule has 0 bridgehead atoms. The lowest BCUT2D eigenvalue weighted by Crippen LogP contribution is -2.26. The Labute approximate surface area is 178 Å². The van der Waals surface area contributed by atoms with Crippen LogP contribution in [0, 0.1) is 5.82 Å². The van der Waals surface area contributed by atoms with Gasteiger partial charge in [0.15, 0.2) is 0 Å². The van der Waals surface area contributed by atoms with Crippen molar-refractivity contribution >= 4 is 11.6 Å². The highest BCUT2D eigenvalue weighted by Gasteiger charge is 2.31. The van der Waals surface area contributed by atoms with E-state index in [2.05, 4.69) is 10.4 Å². The first-order chi connectivity index (χ1) is 15.2. The van der Waals surface area contributed by atoms with Crippen LogP contribution in [0.5, 0.6) is 5.75 Å². The van der Waals surface area contributed by atoms with Gasteiger partial charge in [0.05, 0.1) is 17.9 Å². The number of aromatic nitrogens is 2. The van der Waals surface area contributed by atoms with Crippen LogP contribution in [0.2, 0.25) is 0 Å². The van der Waals surface area contributed by atoms with Crippen LogP contribution in [0.4, 0.5) is 23.2 Å². The maximum Gasteiger partial charge on any atom is 0.437 e. The second kappa shape index (κ2) is 9.64. The fraction of sp³-hybridized carbons (Fsp3) is 0.250. The number of anilines is 1. The predicted molar refractivity (Wildman–Crippen MR) is 104 cm³/mol. The lowest BCUT2D eigenvalue weighted by Gasteiger charge is -2.15. The number of nitrogens with zero attached hydrogens (tertiary/aromatic N) is 2. The van der Waals surface area contributed by atoms with E-state index in [9.17, 15) is 27.2 Å². The first-order valence-electron chi connectivity index (χ1n) is 9.14. The molecule has 1 N–H and O–H groups in total. The average molecular weight is 455 g/mol. The Hall–Kier alpha value is -3.67. The molecule has 32 heavy (non-hydrogen) atoms. The molecular weight excluding hydrogens is 438 g/mol. The predicted octanol–water partition coefficient (Wildman–Crippen LogP) is 3.33. The Morgan fingerprint density at radius 3 is 2.53 bits per heavy atom. The minimum atomic E-state index is -4.64. The fourth-order valence-corrected chi connectivity index (χ4v) is 2.61. The number of ether oxygens (including phenoxy) is 2. The summed E-state index contributed by atoms with van der Waals surface area (Å²) in [5.74, 6) is -2.48. The highest BCUT2D eigenvalue weighted by Crippen LogP contribution is 2.35. The van der Waals surface area contributed by atoms with Crippen LogP contribution in [0.3, 0.4) is 0 Å². The summed E-state index contributed by atoms with van der Waals surface area (Å²) in [6.07, 6.45) is -4.64. The summed E-state index contributed by atoms with van der Waals surface area (Å²) >= 11 is 0. The van der Waals surface area contributed by atoms with Gasteiger partial charge in [-0.05, 0) is 42.5 Å². The smallest absolute Gasteiger partial charge is 0.437 e. The van der Waals surface area contributed by atoms with Gasteiger partial charge in [0.2, 0.25) is 11.8 Å². The number of nitrogens with one attached hydrogen (secondary N) is 1. The van der Waals surface area contributed by atoms with E-state index < -0.39 is 35.8 Å². The molecule has 1 aromatic heterocycles. The number of alkyl halides is 3. The number of benzene rings is 2. The van der Waals surface area contributed by atoms with Crippen molar-refractivity contribution in [2.24, 2.45) is 0 Å². The van der Waals surface area contributed by atoms with Gasteiger partial charge in [-0.25, -0.2) is 9.18 Å². The molecule has 3 rings (SSSR count). The van der Waals surface area contributed by atoms with Crippen molar-refractivity contribution in [1.82, 2.24) is 9.78 Å². The first kappa shape index (κ1) is 23.0. The zero-order valence-electron chi connectivity index (χ0n) is 16.6. The largest absolute Gasteiger partial charge is 0.489 e. The molecule has 0 aliphatic heterocycles. The van der Waals surface area contributed by atoms with Gasteiger partial charge >= 0.3 is 11.9 Å². The van der Waals surface area contributed by atoms with Crippen LogP contribution in [0.1, 0.15) is 5.56 Å². The number of amides is 1. The summed E-state index contributed by atoms with van der Waals surface area (Å²) in [4.78, 5) is 24.4. The van der Waals surface area contributed by atoms with Gasteiger partial charge in [-0.3, -0.25) is 4.79 Å². The van der Waals surface area contributed by atoms with Crippen LogP contribution < -0.4 is 15.8 Å². The molecule has 0 atom stereocenters. The third kappa shape index (κ3) is 5.72. The summed E-state index contributed by atoms with van der Waals surface area (Å²) in [5.41, 5.74) is -0.935. The van der Waals surface area contributed by atoms with E-state index in [1.807, 2.05) is 0 Å². The van der Waals surface area contributed by atoms with Gasteiger partial charge < -0.3 is 19.2 Å².